The topological polar surface area (TPSA) is 92.4 Å². The number of aliphatic hydroxyl groups is 1. The highest BCUT2D eigenvalue weighted by molar-refractivity contribution is 7.89. The van der Waals surface area contributed by atoms with Gasteiger partial charge in [0.2, 0.25) is 10.0 Å². The maximum atomic E-state index is 13.1. The number of halogens is 1. The van der Waals surface area contributed by atoms with Crippen LogP contribution in [0.5, 0.6) is 0 Å². The fourth-order valence-corrected chi connectivity index (χ4v) is 2.74. The van der Waals surface area contributed by atoms with E-state index < -0.39 is 21.9 Å². The number of hydrogen-bond donors (Lipinski definition) is 3. The Balaban J connectivity index is 2.99. The molecule has 0 aliphatic rings. The minimum Gasteiger partial charge on any atom is -0.399 e. The number of hydrogen-bond acceptors (Lipinski definition) is 4. The van der Waals surface area contributed by atoms with Crippen molar-refractivity contribution in [1.29, 1.82) is 0 Å². The van der Waals surface area contributed by atoms with Gasteiger partial charge in [-0.15, -0.1) is 0 Å². The van der Waals surface area contributed by atoms with Crippen LogP contribution in [-0.2, 0) is 10.0 Å². The molecule has 1 aromatic carbocycles. The molecule has 0 radical (unpaired) electrons. The lowest BCUT2D eigenvalue weighted by Gasteiger charge is -2.19. The first-order valence-corrected chi connectivity index (χ1v) is 6.94. The molecular formula is C11H17FN2O3S. The number of benzene rings is 1. The fraction of sp³-hybridized carbons (Fsp3) is 0.455. The zero-order valence-electron chi connectivity index (χ0n) is 10.2. The largest absolute Gasteiger partial charge is 0.399 e. The molecule has 0 aliphatic heterocycles. The van der Waals surface area contributed by atoms with E-state index in [1.165, 1.54) is 6.07 Å². The first-order chi connectivity index (χ1) is 8.26. The van der Waals surface area contributed by atoms with Gasteiger partial charge in [-0.25, -0.2) is 17.5 Å². The summed E-state index contributed by atoms with van der Waals surface area (Å²) in [5, 5.41) is 8.95. The van der Waals surface area contributed by atoms with Crippen LogP contribution in [0, 0.1) is 11.7 Å². The summed E-state index contributed by atoms with van der Waals surface area (Å²) in [6, 6.07) is 2.65. The third-order valence-corrected chi connectivity index (χ3v) is 4.22. The van der Waals surface area contributed by atoms with Gasteiger partial charge in [-0.05, 0) is 31.0 Å². The Morgan fingerprint density at radius 2 is 2.00 bits per heavy atom. The number of aliphatic hydroxyl groups excluding tert-OH is 1. The van der Waals surface area contributed by atoms with Crippen molar-refractivity contribution in [2.24, 2.45) is 5.92 Å². The van der Waals surface area contributed by atoms with Gasteiger partial charge in [0.25, 0.3) is 0 Å². The fourth-order valence-electron chi connectivity index (χ4n) is 1.33. The molecule has 0 aliphatic carbocycles. The van der Waals surface area contributed by atoms with Crippen LogP contribution in [0.15, 0.2) is 23.1 Å². The molecule has 1 rings (SSSR count). The first kappa shape index (κ1) is 14.9. The second kappa shape index (κ2) is 5.64. The van der Waals surface area contributed by atoms with Crippen LogP contribution in [0.4, 0.5) is 10.1 Å². The second-order valence-electron chi connectivity index (χ2n) is 4.29. The van der Waals surface area contributed by atoms with E-state index in [2.05, 4.69) is 4.72 Å². The average molecular weight is 276 g/mol. The number of nitrogens with one attached hydrogen (secondary N) is 1. The highest BCUT2D eigenvalue weighted by atomic mass is 32.2. The van der Waals surface area contributed by atoms with Crippen LogP contribution in [0.1, 0.15) is 13.8 Å². The summed E-state index contributed by atoms with van der Waals surface area (Å²) in [7, 11) is -3.84. The van der Waals surface area contributed by atoms with E-state index >= 15 is 0 Å². The monoisotopic (exact) mass is 276 g/mol. The van der Waals surface area contributed by atoms with Crippen molar-refractivity contribution in [3.8, 4) is 0 Å². The highest BCUT2D eigenvalue weighted by Gasteiger charge is 2.21. The molecule has 0 heterocycles. The number of rotatable bonds is 5. The maximum absolute atomic E-state index is 13.1. The van der Waals surface area contributed by atoms with Gasteiger partial charge in [-0.1, -0.05) is 6.92 Å². The third-order valence-electron chi connectivity index (χ3n) is 2.69. The van der Waals surface area contributed by atoms with Crippen LogP contribution >= 0.6 is 0 Å². The molecule has 0 amide bonds. The molecule has 2 unspecified atom stereocenters. The standard InChI is InChI=1S/C11H17FN2O3S/c1-7(6-15)8(2)14-18(16,17)11-4-9(12)3-10(13)5-11/h3-5,7-8,14-15H,6,13H2,1-2H3. The molecule has 0 saturated heterocycles. The summed E-state index contributed by atoms with van der Waals surface area (Å²) in [4.78, 5) is -0.225. The van der Waals surface area contributed by atoms with E-state index in [9.17, 15) is 12.8 Å². The molecule has 5 nitrogen and oxygen atoms in total. The van der Waals surface area contributed by atoms with Crippen molar-refractivity contribution in [3.05, 3.63) is 24.0 Å². The summed E-state index contributed by atoms with van der Waals surface area (Å²) in [6.07, 6.45) is 0. The van der Waals surface area contributed by atoms with Crippen LogP contribution in [0.3, 0.4) is 0 Å². The normalized spacial score (nSPS) is 15.3. The van der Waals surface area contributed by atoms with Gasteiger partial charge in [0.05, 0.1) is 4.90 Å². The lowest BCUT2D eigenvalue weighted by Crippen LogP contribution is -2.38. The first-order valence-electron chi connectivity index (χ1n) is 5.45. The Morgan fingerprint density at radius 1 is 1.39 bits per heavy atom. The quantitative estimate of drug-likeness (QED) is 0.690. The zero-order chi connectivity index (χ0) is 13.9. The van der Waals surface area contributed by atoms with E-state index in [1.54, 1.807) is 13.8 Å². The minimum absolute atomic E-state index is 0.0400. The van der Waals surface area contributed by atoms with Crippen LogP contribution < -0.4 is 10.5 Å². The van der Waals surface area contributed by atoms with Crippen molar-refractivity contribution in [3.63, 3.8) is 0 Å². The van der Waals surface area contributed by atoms with Crippen molar-refractivity contribution >= 4 is 15.7 Å². The Morgan fingerprint density at radius 3 is 2.50 bits per heavy atom. The number of anilines is 1. The molecule has 7 heteroatoms. The molecule has 18 heavy (non-hydrogen) atoms. The van der Waals surface area contributed by atoms with E-state index in [1.807, 2.05) is 0 Å². The number of sulfonamides is 1. The van der Waals surface area contributed by atoms with Gasteiger partial charge in [-0.2, -0.15) is 0 Å². The van der Waals surface area contributed by atoms with Crippen LogP contribution in [-0.4, -0.2) is 26.2 Å². The predicted octanol–water partition coefficient (Wildman–Crippen LogP) is 0.703. The summed E-state index contributed by atoms with van der Waals surface area (Å²) in [6.45, 7) is 3.18. The lowest BCUT2D eigenvalue weighted by molar-refractivity contribution is 0.216. The number of nitrogens with two attached hydrogens (primary N) is 1. The van der Waals surface area contributed by atoms with E-state index in [4.69, 9.17) is 10.8 Å². The van der Waals surface area contributed by atoms with Gasteiger partial charge in [-0.3, -0.25) is 0 Å². The summed E-state index contributed by atoms with van der Waals surface area (Å²) in [5.74, 6) is -0.955. The van der Waals surface area contributed by atoms with Crippen molar-refractivity contribution in [2.45, 2.75) is 24.8 Å². The van der Waals surface area contributed by atoms with E-state index in [0.717, 1.165) is 12.1 Å². The molecule has 0 aromatic heterocycles. The van der Waals surface area contributed by atoms with Crippen molar-refractivity contribution in [2.75, 3.05) is 12.3 Å². The summed E-state index contributed by atoms with van der Waals surface area (Å²) in [5.41, 5.74) is 5.44. The van der Waals surface area contributed by atoms with E-state index in [0.29, 0.717) is 0 Å². The van der Waals surface area contributed by atoms with Crippen LogP contribution in [0.2, 0.25) is 0 Å². The van der Waals surface area contributed by atoms with Gasteiger partial charge in [0, 0.05) is 18.3 Å². The van der Waals surface area contributed by atoms with Crippen molar-refractivity contribution < 1.29 is 17.9 Å². The third kappa shape index (κ3) is 3.66. The maximum Gasteiger partial charge on any atom is 0.240 e. The van der Waals surface area contributed by atoms with Gasteiger partial charge in [0.1, 0.15) is 5.82 Å². The highest BCUT2D eigenvalue weighted by Crippen LogP contribution is 2.17. The Bertz CT molecular complexity index is 499. The SMILES string of the molecule is CC(CO)C(C)NS(=O)(=O)c1cc(N)cc(F)c1. The molecule has 1 aromatic rings. The zero-order valence-corrected chi connectivity index (χ0v) is 11.0. The molecule has 0 fully saturated rings. The van der Waals surface area contributed by atoms with Gasteiger partial charge < -0.3 is 10.8 Å². The Kier molecular flexibility index (Phi) is 4.66. The molecule has 4 N–H and O–H groups in total. The number of nitrogen functional groups attached to an aromatic ring is 1. The summed E-state index contributed by atoms with van der Waals surface area (Å²) >= 11 is 0. The molecule has 2 atom stereocenters. The second-order valence-corrected chi connectivity index (χ2v) is 6.00. The predicted molar refractivity (Wildman–Crippen MR) is 66.8 cm³/mol. The van der Waals surface area contributed by atoms with E-state index in [-0.39, 0.29) is 23.1 Å². The van der Waals surface area contributed by atoms with Gasteiger partial charge in [0.15, 0.2) is 0 Å². The molecule has 102 valence electrons. The minimum atomic E-state index is -3.84. The Hall–Kier alpha value is -1.18. The lowest BCUT2D eigenvalue weighted by atomic mass is 10.1. The molecule has 0 bridgehead atoms. The molecule has 0 spiro atoms. The van der Waals surface area contributed by atoms with Crippen molar-refractivity contribution in [1.82, 2.24) is 4.72 Å². The average Bonchev–Trinajstić information content (AvgIpc) is 2.26. The smallest absolute Gasteiger partial charge is 0.240 e. The van der Waals surface area contributed by atoms with Gasteiger partial charge >= 0.3 is 0 Å². The van der Waals surface area contributed by atoms with Crippen LogP contribution in [0.25, 0.3) is 0 Å². The summed E-state index contributed by atoms with van der Waals surface area (Å²) < 4.78 is 39.4. The molecule has 0 saturated carbocycles. The molecular weight excluding hydrogens is 259 g/mol. The Labute approximate surface area is 106 Å².